The highest BCUT2D eigenvalue weighted by Crippen LogP contribution is 2.25. The van der Waals surface area contributed by atoms with Crippen molar-refractivity contribution in [2.45, 2.75) is 4.90 Å². The Labute approximate surface area is 112 Å². The third kappa shape index (κ3) is 3.80. The second-order valence-corrected chi connectivity index (χ2v) is 5.75. The molecule has 0 radical (unpaired) electrons. The maximum Gasteiger partial charge on any atom is 0.240 e. The minimum Gasteiger partial charge on any atom is -0.397 e. The molecule has 0 aromatic heterocycles. The van der Waals surface area contributed by atoms with E-state index in [-0.39, 0.29) is 23.8 Å². The molecule has 19 heavy (non-hydrogen) atoms. The van der Waals surface area contributed by atoms with Crippen LogP contribution in [0.1, 0.15) is 0 Å². The summed E-state index contributed by atoms with van der Waals surface area (Å²) in [5.74, 6) is 0. The summed E-state index contributed by atoms with van der Waals surface area (Å²) in [6.45, 7) is 0.442. The van der Waals surface area contributed by atoms with Crippen molar-refractivity contribution in [1.82, 2.24) is 4.72 Å². The summed E-state index contributed by atoms with van der Waals surface area (Å²) in [5, 5.41) is 17.9. The second kappa shape index (κ2) is 6.71. The lowest BCUT2D eigenvalue weighted by Crippen LogP contribution is -2.30. The monoisotopic (exact) mass is 289 g/mol. The highest BCUT2D eigenvalue weighted by atomic mass is 32.2. The van der Waals surface area contributed by atoms with Crippen LogP contribution in [0.15, 0.2) is 23.1 Å². The average Bonchev–Trinajstić information content (AvgIpc) is 2.38. The molecule has 1 rings (SSSR count). The number of benzene rings is 1. The third-order valence-electron chi connectivity index (χ3n) is 2.66. The van der Waals surface area contributed by atoms with Gasteiger partial charge < -0.3 is 20.8 Å². The molecule has 0 amide bonds. The Morgan fingerprint density at radius 2 is 1.84 bits per heavy atom. The molecular formula is C11H19N3O4S. The van der Waals surface area contributed by atoms with E-state index in [1.54, 1.807) is 11.0 Å². The van der Waals surface area contributed by atoms with Gasteiger partial charge in [-0.2, -0.15) is 0 Å². The smallest absolute Gasteiger partial charge is 0.240 e. The van der Waals surface area contributed by atoms with Gasteiger partial charge in [0.1, 0.15) is 0 Å². The molecule has 0 aliphatic rings. The van der Waals surface area contributed by atoms with Crippen LogP contribution in [0.3, 0.4) is 0 Å². The molecule has 0 unspecified atom stereocenters. The van der Waals surface area contributed by atoms with Crippen molar-refractivity contribution in [2.24, 2.45) is 0 Å². The topological polar surface area (TPSA) is 116 Å². The number of nitrogens with zero attached hydrogens (tertiary/aromatic N) is 1. The van der Waals surface area contributed by atoms with Gasteiger partial charge in [-0.3, -0.25) is 0 Å². The van der Waals surface area contributed by atoms with E-state index in [0.717, 1.165) is 0 Å². The van der Waals surface area contributed by atoms with E-state index in [2.05, 4.69) is 4.72 Å². The lowest BCUT2D eigenvalue weighted by atomic mass is 10.2. The number of anilines is 2. The van der Waals surface area contributed by atoms with E-state index in [9.17, 15) is 8.42 Å². The van der Waals surface area contributed by atoms with E-state index < -0.39 is 10.0 Å². The van der Waals surface area contributed by atoms with Crippen LogP contribution >= 0.6 is 0 Å². The Kier molecular flexibility index (Phi) is 5.55. The Bertz CT molecular complexity index is 513. The fraction of sp³-hybridized carbons (Fsp3) is 0.455. The molecule has 0 bridgehead atoms. The van der Waals surface area contributed by atoms with Gasteiger partial charge in [0.25, 0.3) is 0 Å². The van der Waals surface area contributed by atoms with E-state index in [1.807, 2.05) is 0 Å². The second-order valence-electron chi connectivity index (χ2n) is 3.86. The minimum atomic E-state index is -3.54. The molecule has 0 heterocycles. The molecule has 0 fully saturated rings. The lowest BCUT2D eigenvalue weighted by Gasteiger charge is -2.24. The Morgan fingerprint density at radius 3 is 2.26 bits per heavy atom. The Balaban J connectivity index is 3.12. The molecule has 0 aliphatic heterocycles. The van der Waals surface area contributed by atoms with Crippen LogP contribution in [-0.2, 0) is 10.0 Å². The molecule has 8 heteroatoms. The first kappa shape index (κ1) is 15.7. The molecule has 0 saturated carbocycles. The summed E-state index contributed by atoms with van der Waals surface area (Å²) in [6.07, 6.45) is 0. The van der Waals surface area contributed by atoms with Gasteiger partial charge in [-0.25, -0.2) is 13.1 Å². The lowest BCUT2D eigenvalue weighted by molar-refractivity contribution is 0.281. The summed E-state index contributed by atoms with van der Waals surface area (Å²) in [5.41, 5.74) is 6.69. The summed E-state index contributed by atoms with van der Waals surface area (Å²) < 4.78 is 25.5. The highest BCUT2D eigenvalue weighted by molar-refractivity contribution is 7.89. The van der Waals surface area contributed by atoms with Crippen LogP contribution in [0.5, 0.6) is 0 Å². The predicted molar refractivity (Wildman–Crippen MR) is 73.5 cm³/mol. The van der Waals surface area contributed by atoms with Gasteiger partial charge >= 0.3 is 0 Å². The van der Waals surface area contributed by atoms with E-state index in [1.165, 1.54) is 19.2 Å². The van der Waals surface area contributed by atoms with Crippen LogP contribution < -0.4 is 15.4 Å². The zero-order valence-corrected chi connectivity index (χ0v) is 11.5. The van der Waals surface area contributed by atoms with Crippen molar-refractivity contribution in [3.05, 3.63) is 18.2 Å². The number of nitrogens with two attached hydrogens (primary N) is 1. The Morgan fingerprint density at radius 1 is 1.26 bits per heavy atom. The molecule has 0 aliphatic carbocycles. The molecule has 7 nitrogen and oxygen atoms in total. The molecule has 1 aromatic rings. The van der Waals surface area contributed by atoms with E-state index in [4.69, 9.17) is 15.9 Å². The number of sulfonamides is 1. The number of aliphatic hydroxyl groups is 2. The van der Waals surface area contributed by atoms with Crippen LogP contribution in [0.25, 0.3) is 0 Å². The normalized spacial score (nSPS) is 11.5. The summed E-state index contributed by atoms with van der Waals surface area (Å²) in [6, 6.07) is 4.34. The van der Waals surface area contributed by atoms with Gasteiger partial charge in [0, 0.05) is 13.1 Å². The van der Waals surface area contributed by atoms with E-state index >= 15 is 0 Å². The van der Waals surface area contributed by atoms with Crippen molar-refractivity contribution >= 4 is 21.4 Å². The van der Waals surface area contributed by atoms with Gasteiger partial charge in [0.05, 0.1) is 29.5 Å². The fourth-order valence-electron chi connectivity index (χ4n) is 1.70. The van der Waals surface area contributed by atoms with Gasteiger partial charge in [0.2, 0.25) is 10.0 Å². The molecule has 1 aromatic carbocycles. The van der Waals surface area contributed by atoms with Crippen LogP contribution in [-0.4, -0.2) is 52.0 Å². The third-order valence-corrected chi connectivity index (χ3v) is 4.07. The van der Waals surface area contributed by atoms with Crippen molar-refractivity contribution in [3.8, 4) is 0 Å². The first-order chi connectivity index (χ1) is 8.96. The SMILES string of the molecule is CNS(=O)(=O)c1ccc(N(CCO)CCO)c(N)c1. The maximum absolute atomic E-state index is 11.6. The van der Waals surface area contributed by atoms with E-state index in [0.29, 0.717) is 18.8 Å². The van der Waals surface area contributed by atoms with Gasteiger partial charge in [-0.05, 0) is 25.2 Å². The molecule has 5 N–H and O–H groups in total. The van der Waals surface area contributed by atoms with Crippen molar-refractivity contribution in [3.63, 3.8) is 0 Å². The Hall–Kier alpha value is -1.35. The zero-order valence-electron chi connectivity index (χ0n) is 10.7. The molecular weight excluding hydrogens is 270 g/mol. The van der Waals surface area contributed by atoms with Gasteiger partial charge in [-0.15, -0.1) is 0 Å². The number of rotatable bonds is 7. The summed E-state index contributed by atoms with van der Waals surface area (Å²) >= 11 is 0. The molecule has 0 spiro atoms. The largest absolute Gasteiger partial charge is 0.397 e. The van der Waals surface area contributed by atoms with Crippen LogP contribution in [0, 0.1) is 0 Å². The highest BCUT2D eigenvalue weighted by Gasteiger charge is 2.15. The van der Waals surface area contributed by atoms with Gasteiger partial charge in [-0.1, -0.05) is 0 Å². The maximum atomic E-state index is 11.6. The number of aliphatic hydroxyl groups excluding tert-OH is 2. The standard InChI is InChI=1S/C11H19N3O4S/c1-13-19(17,18)9-2-3-11(10(12)8-9)14(4-6-15)5-7-16/h2-3,8,13,15-16H,4-7,12H2,1H3. The quantitative estimate of drug-likeness (QED) is 0.477. The molecule has 0 atom stereocenters. The molecule has 0 saturated heterocycles. The first-order valence-corrected chi connectivity index (χ1v) is 7.24. The predicted octanol–water partition coefficient (Wildman–Crippen LogP) is -1.03. The van der Waals surface area contributed by atoms with Crippen LogP contribution in [0.2, 0.25) is 0 Å². The van der Waals surface area contributed by atoms with Crippen molar-refractivity contribution in [1.29, 1.82) is 0 Å². The average molecular weight is 289 g/mol. The minimum absolute atomic E-state index is 0.0733. The van der Waals surface area contributed by atoms with Gasteiger partial charge in [0.15, 0.2) is 0 Å². The zero-order chi connectivity index (χ0) is 14.5. The van der Waals surface area contributed by atoms with Crippen molar-refractivity contribution in [2.75, 3.05) is 44.0 Å². The summed E-state index contributed by atoms with van der Waals surface area (Å²) in [4.78, 5) is 1.76. The number of hydrogen-bond acceptors (Lipinski definition) is 6. The first-order valence-electron chi connectivity index (χ1n) is 5.76. The van der Waals surface area contributed by atoms with Crippen molar-refractivity contribution < 1.29 is 18.6 Å². The molecule has 108 valence electrons. The number of nitrogen functional groups attached to an aromatic ring is 1. The number of nitrogens with one attached hydrogen (secondary N) is 1. The number of hydrogen-bond donors (Lipinski definition) is 4. The summed E-state index contributed by atoms with van der Waals surface area (Å²) in [7, 11) is -2.21. The fourth-order valence-corrected chi connectivity index (χ4v) is 2.46. The van der Waals surface area contributed by atoms with Crippen LogP contribution in [0.4, 0.5) is 11.4 Å².